The van der Waals surface area contributed by atoms with E-state index in [-0.39, 0.29) is 364 Å². The van der Waals surface area contributed by atoms with Crippen LogP contribution in [0.4, 0.5) is 0 Å². The summed E-state index contributed by atoms with van der Waals surface area (Å²) in [6, 6.07) is 0. The van der Waals surface area contributed by atoms with Crippen molar-refractivity contribution in [2.45, 2.75) is 0 Å². The predicted octanol–water partition coefficient (Wildman–Crippen LogP) is -11.2. The van der Waals surface area contributed by atoms with E-state index in [0.717, 1.165) is 0 Å². The van der Waals surface area contributed by atoms with Gasteiger partial charge in [-0.15, -0.1) is 0 Å². The first-order chi connectivity index (χ1) is 0. The Kier molecular flexibility index (Phi) is 54300. The van der Waals surface area contributed by atoms with E-state index in [4.69, 9.17) is 0 Å². The molecule has 0 rings (SSSR count). The summed E-state index contributed by atoms with van der Waals surface area (Å²) >= 11 is 0. The van der Waals surface area contributed by atoms with Crippen molar-refractivity contribution in [2.24, 2.45) is 0 Å². The Balaban J connectivity index is 0. The smallest absolute Gasteiger partial charge is 1.00 e. The summed E-state index contributed by atoms with van der Waals surface area (Å²) < 4.78 is 0. The Morgan fingerprint density at radius 1 is 0.118 bits per heavy atom. The molecule has 0 aliphatic heterocycles. The van der Waals surface area contributed by atoms with Crippen LogP contribution in [0.25, 0.3) is 0 Å². The van der Waals surface area contributed by atoms with Gasteiger partial charge in [-0.25, -0.2) is 0 Å². The van der Waals surface area contributed by atoms with Crippen LogP contribution in [-0.2, 0) is 269 Å². The molecule has 0 spiro atoms. The quantitative estimate of drug-likeness (QED) is 0.222. The van der Waals surface area contributed by atoms with Crippen molar-refractivity contribution in [3.8, 4) is 0 Å². The van der Waals surface area contributed by atoms with Crippen molar-refractivity contribution in [1.29, 1.82) is 0 Å². The molecule has 0 unspecified atom stereocenters. The van der Waals surface area contributed by atoms with Crippen molar-refractivity contribution in [3.05, 3.63) is 0 Å². The minimum absolute atomic E-state index is 0. The minimum Gasteiger partial charge on any atom is -2.00 e. The Morgan fingerprint density at radius 3 is 0.118 bits per heavy atom. The van der Waals surface area contributed by atoms with Crippen molar-refractivity contribution >= 4 is 0 Å². The average molecular weight is 847 g/mol. The molecule has 0 saturated carbocycles. The summed E-state index contributed by atoms with van der Waals surface area (Å²) in [6.45, 7) is 0. The van der Waals surface area contributed by atoms with Crippen LogP contribution >= 0.6 is 0 Å². The number of hydrogen-bond donors (Lipinski definition) is 1. The molecular weight excluding hydrogens is 843 g/mol. The molecule has 224 valence electrons. The van der Waals surface area contributed by atoms with Gasteiger partial charge < -0.3 is 127 Å². The van der Waals surface area contributed by atoms with Crippen LogP contribution in [0.2, 0.25) is 0 Å². The van der Waals surface area contributed by atoms with Crippen LogP contribution in [0.5, 0.6) is 0 Å². The molecule has 34 heavy (non-hydrogen) atoms. The fourth-order valence-corrected chi connectivity index (χ4v) is 0. The summed E-state index contributed by atoms with van der Waals surface area (Å²) in [5.74, 6) is 0. The largest absolute Gasteiger partial charge is 2.00 e. The second-order valence-corrected chi connectivity index (χ2v) is 0. The van der Waals surface area contributed by atoms with Crippen LogP contribution in [0.3, 0.4) is 0 Å². The predicted molar refractivity (Wildman–Crippen MR) is 21.1 cm³/mol. The summed E-state index contributed by atoms with van der Waals surface area (Å²) in [6.07, 6.45) is 0. The molecule has 34 heteroatoms. The SMILES string of the molecule is [NH4+].[Na+].[Na+].[Na+].[O-2].[O-2].[O-2].[O-2].[O-2].[O-2].[O-2].[O-2].[O-2].[O-2].[O-2].[O-2].[O-2].[O-2].[O-2].[O-2].[O-2].[O-2].[O-2].[O-2].[O-2].[O-2].[V].[V].[V].[V].[V].[V].[V].[V]. The summed E-state index contributed by atoms with van der Waals surface area (Å²) in [5.41, 5.74) is 0. The van der Waals surface area contributed by atoms with Gasteiger partial charge in [-0.3, -0.25) is 0 Å². The summed E-state index contributed by atoms with van der Waals surface area (Å²) in [4.78, 5) is 0. The van der Waals surface area contributed by atoms with E-state index in [1.54, 1.807) is 0 Å². The topological polar surface area (TPSA) is 664 Å². The van der Waals surface area contributed by atoms with Crippen LogP contribution < -0.4 is 94.8 Å². The molecule has 0 saturated heterocycles. The van der Waals surface area contributed by atoms with Crippen molar-refractivity contribution < 1.29 is 358 Å². The first kappa shape index (κ1) is 1410. The Bertz CT molecular complexity index is 46.1. The third-order valence-corrected chi connectivity index (χ3v) is 0. The number of quaternary nitrogens is 1. The molecule has 0 aliphatic rings. The van der Waals surface area contributed by atoms with Crippen LogP contribution in [0.15, 0.2) is 0 Å². The summed E-state index contributed by atoms with van der Waals surface area (Å²) in [7, 11) is 0. The van der Waals surface area contributed by atoms with Gasteiger partial charge in [0.1, 0.15) is 0 Å². The van der Waals surface area contributed by atoms with Gasteiger partial charge in [-0.2, -0.15) is 0 Å². The van der Waals surface area contributed by atoms with E-state index in [2.05, 4.69) is 0 Å². The molecule has 0 aromatic rings. The molecule has 4 N–H and O–H groups in total. The van der Waals surface area contributed by atoms with Gasteiger partial charge in [0.05, 0.1) is 0 Å². The van der Waals surface area contributed by atoms with E-state index in [1.807, 2.05) is 0 Å². The monoisotopic (exact) mass is 846 g/mol. The van der Waals surface area contributed by atoms with Crippen molar-refractivity contribution in [3.63, 3.8) is 0 Å². The van der Waals surface area contributed by atoms with Crippen LogP contribution in [0.1, 0.15) is 0 Å². The fourth-order valence-electron chi connectivity index (χ4n) is 0. The third kappa shape index (κ3) is 1210. The molecule has 0 aromatic heterocycles. The third-order valence-electron chi connectivity index (χ3n) is 0. The standard InChI is InChI=1S/H3N.3Na.22O.8V/h1H3;;;;;;;;;;;;;;;;;;;;;;;;;;;;;;;;;/q;3*+1;22*-2;;;;;;;;/p+1. The molecule has 23 nitrogen and oxygen atoms in total. The van der Waals surface area contributed by atoms with Gasteiger partial charge in [-0.1, -0.05) is 0 Å². The molecule has 0 heterocycles. The van der Waals surface area contributed by atoms with Gasteiger partial charge in [0.25, 0.3) is 0 Å². The second kappa shape index (κ2) is 1310. The van der Waals surface area contributed by atoms with E-state index in [1.165, 1.54) is 0 Å². The zero-order valence-electron chi connectivity index (χ0n) is 16.6. The molecule has 0 aromatic carbocycles. The summed E-state index contributed by atoms with van der Waals surface area (Å²) in [5, 5.41) is 0. The zero-order chi connectivity index (χ0) is 0. The maximum absolute atomic E-state index is 0. The van der Waals surface area contributed by atoms with Crippen molar-refractivity contribution in [2.75, 3.05) is 0 Å². The van der Waals surface area contributed by atoms with Crippen LogP contribution in [-0.4, -0.2) is 0 Å². The van der Waals surface area contributed by atoms with E-state index in [9.17, 15) is 0 Å². The average Bonchev–Trinajstić information content (AvgIpc) is 0. The van der Waals surface area contributed by atoms with Crippen LogP contribution in [0, 0.1) is 0 Å². The molecule has 0 aliphatic carbocycles. The van der Waals surface area contributed by atoms with Gasteiger partial charge in [0.2, 0.25) is 0 Å². The van der Waals surface area contributed by atoms with Gasteiger partial charge >= 0.3 is 88.7 Å². The van der Waals surface area contributed by atoms with E-state index < -0.39 is 0 Å². The Labute approximate surface area is 357 Å². The Hall–Kier alpha value is 6.76. The maximum atomic E-state index is 0. The molecule has 8 radical (unpaired) electrons. The van der Waals surface area contributed by atoms with Gasteiger partial charge in [0.15, 0.2) is 0 Å². The molecule has 0 bridgehead atoms. The maximum Gasteiger partial charge on any atom is 1.00 e. The normalized spacial score (nSPS) is 0. The van der Waals surface area contributed by atoms with Crippen molar-refractivity contribution in [1.82, 2.24) is 6.15 Å². The Morgan fingerprint density at radius 2 is 0.118 bits per heavy atom. The molecule has 0 atom stereocenters. The van der Waals surface area contributed by atoms with E-state index in [0.29, 0.717) is 0 Å². The van der Waals surface area contributed by atoms with E-state index >= 15 is 0 Å². The molecule has 0 fully saturated rings. The molecular formula is H4NNa3O22V8-40. The number of hydrogen-bond acceptors (Lipinski definition) is 0. The first-order valence-corrected chi connectivity index (χ1v) is 0. The zero-order valence-corrected chi connectivity index (χ0v) is 33.7. The fraction of sp³-hybridized carbons (Fsp3) is 0. The van der Waals surface area contributed by atoms with Gasteiger partial charge in [0, 0.05) is 148 Å². The first-order valence-electron chi connectivity index (χ1n) is 0. The minimum atomic E-state index is 0. The van der Waals surface area contributed by atoms with Gasteiger partial charge in [-0.05, 0) is 0 Å². The number of rotatable bonds is 0. The second-order valence-electron chi connectivity index (χ2n) is 0. The molecule has 0 amide bonds.